The van der Waals surface area contributed by atoms with Gasteiger partial charge in [-0.2, -0.15) is 5.10 Å². The minimum absolute atomic E-state index is 0.0633. The number of hydrogen-bond acceptors (Lipinski definition) is 7. The fourth-order valence-electron chi connectivity index (χ4n) is 3.47. The predicted molar refractivity (Wildman–Crippen MR) is 121 cm³/mol. The zero-order valence-corrected chi connectivity index (χ0v) is 18.4. The van der Waals surface area contributed by atoms with Gasteiger partial charge >= 0.3 is 5.69 Å². The van der Waals surface area contributed by atoms with Gasteiger partial charge in [-0.05, 0) is 18.2 Å². The fraction of sp³-hybridized carbons (Fsp3) is 0.143. The molecule has 2 aromatic carbocycles. The Labute approximate surface area is 191 Å². The molecule has 0 aliphatic carbocycles. The topological polar surface area (TPSA) is 112 Å². The fourth-order valence-corrected chi connectivity index (χ4v) is 3.96. The molecule has 2 N–H and O–H groups in total. The summed E-state index contributed by atoms with van der Waals surface area (Å²) in [6, 6.07) is 12.0. The third-order valence-corrected chi connectivity index (χ3v) is 5.70. The smallest absolute Gasteiger partial charge is 0.333 e. The highest BCUT2D eigenvalue weighted by molar-refractivity contribution is 6.37. The predicted octanol–water partition coefficient (Wildman–Crippen LogP) is 2.69. The molecule has 9 nitrogen and oxygen atoms in total. The van der Waals surface area contributed by atoms with E-state index in [2.05, 4.69) is 10.2 Å². The minimum Gasteiger partial charge on any atom is -0.494 e. The summed E-state index contributed by atoms with van der Waals surface area (Å²) in [4.78, 5) is 25.3. The lowest BCUT2D eigenvalue weighted by atomic mass is 9.96. The van der Waals surface area contributed by atoms with Crippen LogP contribution in [-0.2, 0) is 14.1 Å². The summed E-state index contributed by atoms with van der Waals surface area (Å²) in [5, 5.41) is 31.6. The van der Waals surface area contributed by atoms with Gasteiger partial charge in [0.2, 0.25) is 5.88 Å². The second-order valence-electron chi connectivity index (χ2n) is 7.09. The molecule has 1 aliphatic rings. The monoisotopic (exact) mass is 473 g/mol. The number of hydroxylamine groups is 2. The van der Waals surface area contributed by atoms with Crippen LogP contribution in [0.25, 0.3) is 0 Å². The highest BCUT2D eigenvalue weighted by atomic mass is 35.5. The van der Waals surface area contributed by atoms with Gasteiger partial charge in [0.15, 0.2) is 5.84 Å². The van der Waals surface area contributed by atoms with Crippen molar-refractivity contribution in [2.24, 2.45) is 24.3 Å². The van der Waals surface area contributed by atoms with Crippen molar-refractivity contribution in [2.75, 3.05) is 0 Å². The van der Waals surface area contributed by atoms with Crippen LogP contribution >= 0.6 is 23.2 Å². The normalized spacial score (nSPS) is 16.0. The van der Waals surface area contributed by atoms with E-state index >= 15 is 0 Å². The van der Waals surface area contributed by atoms with Crippen molar-refractivity contribution in [3.8, 4) is 5.88 Å². The lowest BCUT2D eigenvalue weighted by Gasteiger charge is -2.32. The van der Waals surface area contributed by atoms with Crippen molar-refractivity contribution in [1.29, 1.82) is 0 Å². The third kappa shape index (κ3) is 3.50. The zero-order valence-electron chi connectivity index (χ0n) is 16.9. The molecule has 2 heterocycles. The lowest BCUT2D eigenvalue weighted by Crippen LogP contribution is -2.46. The van der Waals surface area contributed by atoms with Crippen LogP contribution in [0.15, 0.2) is 68.3 Å². The molecule has 1 unspecified atom stereocenters. The molecule has 3 aromatic rings. The van der Waals surface area contributed by atoms with Crippen LogP contribution in [-0.4, -0.2) is 36.1 Å². The third-order valence-electron chi connectivity index (χ3n) is 5.16. The first-order valence-corrected chi connectivity index (χ1v) is 10.1. The number of amidine groups is 1. The average Bonchev–Trinajstić information content (AvgIpc) is 2.78. The molecular weight excluding hydrogens is 457 g/mol. The molecule has 0 saturated heterocycles. The molecule has 0 spiro atoms. The Morgan fingerprint density at radius 3 is 2.31 bits per heavy atom. The summed E-state index contributed by atoms with van der Waals surface area (Å²) in [5.41, 5.74) is -0.714. The van der Waals surface area contributed by atoms with E-state index in [-0.39, 0.29) is 22.1 Å². The van der Waals surface area contributed by atoms with Crippen LogP contribution in [0, 0.1) is 0 Å². The number of aromatic hydroxyl groups is 1. The summed E-state index contributed by atoms with van der Waals surface area (Å²) < 4.78 is 1.75. The molecule has 0 fully saturated rings. The molecule has 0 radical (unpaired) electrons. The number of aromatic nitrogens is 2. The Bertz CT molecular complexity index is 1400. The molecular formula is C21H17Cl2N5O4. The van der Waals surface area contributed by atoms with Crippen molar-refractivity contribution in [2.45, 2.75) is 6.04 Å². The Morgan fingerprint density at radius 2 is 1.66 bits per heavy atom. The summed E-state index contributed by atoms with van der Waals surface area (Å²) in [5.74, 6) is -0.666. The Morgan fingerprint density at radius 1 is 0.969 bits per heavy atom. The maximum absolute atomic E-state index is 13.1. The van der Waals surface area contributed by atoms with Crippen LogP contribution in [0.5, 0.6) is 5.88 Å². The van der Waals surface area contributed by atoms with Gasteiger partial charge in [0.05, 0.1) is 5.02 Å². The molecule has 11 heteroatoms. The number of benzene rings is 2. The van der Waals surface area contributed by atoms with Crippen molar-refractivity contribution >= 4 is 34.7 Å². The van der Waals surface area contributed by atoms with E-state index in [1.807, 2.05) is 0 Å². The van der Waals surface area contributed by atoms with Gasteiger partial charge < -0.3 is 5.11 Å². The van der Waals surface area contributed by atoms with Crippen molar-refractivity contribution < 1.29 is 10.3 Å². The number of hydrogen-bond donors (Lipinski definition) is 2. The highest BCUT2D eigenvalue weighted by Crippen LogP contribution is 2.33. The molecule has 0 saturated carbocycles. The van der Waals surface area contributed by atoms with E-state index in [0.717, 1.165) is 9.13 Å². The number of nitrogens with zero attached hydrogens (tertiary/aromatic N) is 5. The standard InChI is InChI=1S/C21H17Cl2N5O4/c1-26-19(29)15(20(30)27(2)21(26)31)17-16(11-6-4-3-5-7-11)24-25-18(28(17)32)13-9-8-12(22)10-14(13)23/h3-10,17,29,32H,1-2H3. The molecule has 164 valence electrons. The van der Waals surface area contributed by atoms with Crippen LogP contribution in [0.3, 0.4) is 0 Å². The van der Waals surface area contributed by atoms with E-state index in [0.29, 0.717) is 21.2 Å². The number of halogens is 2. The molecule has 1 aromatic heterocycles. The lowest BCUT2D eigenvalue weighted by molar-refractivity contribution is -0.0360. The van der Waals surface area contributed by atoms with Crippen LogP contribution in [0.2, 0.25) is 10.0 Å². The van der Waals surface area contributed by atoms with E-state index < -0.39 is 23.2 Å². The summed E-state index contributed by atoms with van der Waals surface area (Å²) in [6.07, 6.45) is 0. The number of rotatable bonds is 3. The van der Waals surface area contributed by atoms with Gasteiger partial charge in [0.1, 0.15) is 17.3 Å². The Hall–Kier alpha value is -3.40. The minimum atomic E-state index is -1.29. The summed E-state index contributed by atoms with van der Waals surface area (Å²) in [7, 11) is 2.60. The van der Waals surface area contributed by atoms with E-state index in [1.54, 1.807) is 42.5 Å². The maximum Gasteiger partial charge on any atom is 0.333 e. The average molecular weight is 474 g/mol. The first kappa shape index (κ1) is 21.8. The molecule has 1 atom stereocenters. The van der Waals surface area contributed by atoms with Gasteiger partial charge in [0, 0.05) is 30.2 Å². The van der Waals surface area contributed by atoms with Gasteiger partial charge in [-0.1, -0.05) is 53.5 Å². The second-order valence-corrected chi connectivity index (χ2v) is 7.93. The van der Waals surface area contributed by atoms with Gasteiger partial charge in [-0.15, -0.1) is 5.10 Å². The van der Waals surface area contributed by atoms with Gasteiger partial charge in [-0.3, -0.25) is 19.1 Å². The molecule has 4 rings (SSSR count). The van der Waals surface area contributed by atoms with E-state index in [4.69, 9.17) is 23.2 Å². The molecule has 0 amide bonds. The van der Waals surface area contributed by atoms with Gasteiger partial charge in [0.25, 0.3) is 5.56 Å². The first-order valence-electron chi connectivity index (χ1n) is 9.35. The SMILES string of the molecule is Cn1c(O)c(C2C(c3ccccc3)=NN=C(c3ccc(Cl)cc3Cl)N2O)c(=O)n(C)c1=O. The zero-order chi connectivity index (χ0) is 23.2. The highest BCUT2D eigenvalue weighted by Gasteiger charge is 2.38. The Kier molecular flexibility index (Phi) is 5.64. The quantitative estimate of drug-likeness (QED) is 0.607. The maximum atomic E-state index is 13.1. The van der Waals surface area contributed by atoms with Crippen LogP contribution in [0.1, 0.15) is 22.7 Å². The van der Waals surface area contributed by atoms with Crippen LogP contribution in [0.4, 0.5) is 0 Å². The van der Waals surface area contributed by atoms with Gasteiger partial charge in [-0.25, -0.2) is 9.86 Å². The van der Waals surface area contributed by atoms with Crippen molar-refractivity contribution in [3.05, 3.63) is 96.1 Å². The summed E-state index contributed by atoms with van der Waals surface area (Å²) >= 11 is 12.3. The largest absolute Gasteiger partial charge is 0.494 e. The molecule has 32 heavy (non-hydrogen) atoms. The second kappa shape index (κ2) is 8.27. The first-order chi connectivity index (χ1) is 15.2. The van der Waals surface area contributed by atoms with Crippen LogP contribution < -0.4 is 11.2 Å². The van der Waals surface area contributed by atoms with Crippen molar-refractivity contribution in [1.82, 2.24) is 14.2 Å². The van der Waals surface area contributed by atoms with E-state index in [9.17, 15) is 19.9 Å². The molecule has 1 aliphatic heterocycles. The van der Waals surface area contributed by atoms with Crippen molar-refractivity contribution in [3.63, 3.8) is 0 Å². The van der Waals surface area contributed by atoms with E-state index in [1.165, 1.54) is 20.2 Å². The molecule has 0 bridgehead atoms. The Balaban J connectivity index is 2.00. The summed E-state index contributed by atoms with van der Waals surface area (Å²) in [6.45, 7) is 0.